The first-order valence-corrected chi connectivity index (χ1v) is 9.61. The summed E-state index contributed by atoms with van der Waals surface area (Å²) in [5.74, 6) is 0.667. The predicted octanol–water partition coefficient (Wildman–Crippen LogP) is 4.16. The Morgan fingerprint density at radius 2 is 1.93 bits per heavy atom. The van der Waals surface area contributed by atoms with Crippen LogP contribution < -0.4 is 10.1 Å². The van der Waals surface area contributed by atoms with E-state index >= 15 is 0 Å². The summed E-state index contributed by atoms with van der Waals surface area (Å²) in [5, 5.41) is 2.73. The molecule has 0 spiro atoms. The summed E-state index contributed by atoms with van der Waals surface area (Å²) in [5.41, 5.74) is 2.41. The zero-order valence-electron chi connectivity index (χ0n) is 17.2. The number of esters is 1. The van der Waals surface area contributed by atoms with Gasteiger partial charge in [0, 0.05) is 12.0 Å². The summed E-state index contributed by atoms with van der Waals surface area (Å²) in [6.07, 6.45) is 1.01. The molecule has 0 aliphatic rings. The number of nitrogens with zero attached hydrogens (tertiary/aromatic N) is 1. The molecule has 7 heteroatoms. The number of methoxy groups -OCH3 is 1. The molecule has 1 atom stereocenters. The van der Waals surface area contributed by atoms with E-state index in [1.807, 2.05) is 43.3 Å². The van der Waals surface area contributed by atoms with Crippen molar-refractivity contribution in [2.24, 2.45) is 0 Å². The summed E-state index contributed by atoms with van der Waals surface area (Å²) in [6, 6.07) is 15.0. The fourth-order valence-corrected chi connectivity index (χ4v) is 2.83. The molecule has 1 unspecified atom stereocenters. The minimum Gasteiger partial charge on any atom is -0.495 e. The molecular formula is C23H24N2O5. The molecule has 1 heterocycles. The molecule has 1 amide bonds. The van der Waals surface area contributed by atoms with Crippen LogP contribution in [0.5, 0.6) is 5.75 Å². The van der Waals surface area contributed by atoms with Crippen LogP contribution in [0.2, 0.25) is 0 Å². The van der Waals surface area contributed by atoms with Crippen molar-refractivity contribution in [1.82, 2.24) is 4.98 Å². The first-order valence-electron chi connectivity index (χ1n) is 9.61. The van der Waals surface area contributed by atoms with Gasteiger partial charge in [-0.25, -0.2) is 4.98 Å². The second-order valence-corrected chi connectivity index (χ2v) is 6.81. The van der Waals surface area contributed by atoms with Gasteiger partial charge in [0.1, 0.15) is 5.75 Å². The molecule has 3 aromatic rings. The highest BCUT2D eigenvalue weighted by Crippen LogP contribution is 2.25. The lowest BCUT2D eigenvalue weighted by Gasteiger charge is -2.15. The number of ether oxygens (including phenoxy) is 2. The summed E-state index contributed by atoms with van der Waals surface area (Å²) < 4.78 is 16.2. The van der Waals surface area contributed by atoms with Crippen LogP contribution in [-0.4, -0.2) is 30.1 Å². The third-order valence-electron chi connectivity index (χ3n) is 4.45. The fraction of sp³-hybridized carbons (Fsp3) is 0.261. The number of anilines is 1. The maximum Gasteiger partial charge on any atom is 0.307 e. The Labute approximate surface area is 175 Å². The van der Waals surface area contributed by atoms with E-state index < -0.39 is 18.0 Å². The van der Waals surface area contributed by atoms with Crippen molar-refractivity contribution in [1.29, 1.82) is 0 Å². The Bertz CT molecular complexity index is 1010. The van der Waals surface area contributed by atoms with Crippen LogP contribution >= 0.6 is 0 Å². The number of carbonyl (C=O) groups is 2. The van der Waals surface area contributed by atoms with E-state index in [2.05, 4.69) is 10.3 Å². The van der Waals surface area contributed by atoms with Gasteiger partial charge in [-0.2, -0.15) is 0 Å². The van der Waals surface area contributed by atoms with Crippen LogP contribution in [0.4, 0.5) is 5.69 Å². The van der Waals surface area contributed by atoms with Crippen molar-refractivity contribution >= 4 is 17.6 Å². The maximum absolute atomic E-state index is 12.4. The van der Waals surface area contributed by atoms with Crippen molar-refractivity contribution < 1.29 is 23.5 Å². The van der Waals surface area contributed by atoms with E-state index in [1.54, 1.807) is 18.3 Å². The number of hydrogen-bond acceptors (Lipinski definition) is 6. The van der Waals surface area contributed by atoms with E-state index in [-0.39, 0.29) is 12.8 Å². The smallest absolute Gasteiger partial charge is 0.307 e. The molecule has 7 nitrogen and oxygen atoms in total. The zero-order chi connectivity index (χ0) is 21.5. The number of carbonyl (C=O) groups excluding carboxylic acids is 2. The van der Waals surface area contributed by atoms with Crippen molar-refractivity contribution in [2.75, 3.05) is 12.4 Å². The monoisotopic (exact) mass is 408 g/mol. The first-order chi connectivity index (χ1) is 14.5. The molecule has 0 radical (unpaired) electrons. The Morgan fingerprint density at radius 3 is 2.67 bits per heavy atom. The number of amides is 1. The summed E-state index contributed by atoms with van der Waals surface area (Å²) >= 11 is 0. The highest BCUT2D eigenvalue weighted by atomic mass is 16.5. The number of hydrogen-bond donors (Lipinski definition) is 1. The number of oxazole rings is 1. The first kappa shape index (κ1) is 21.1. The summed E-state index contributed by atoms with van der Waals surface area (Å²) in [4.78, 5) is 28.7. The highest BCUT2D eigenvalue weighted by molar-refractivity contribution is 5.96. The van der Waals surface area contributed by atoms with Crippen LogP contribution in [0.25, 0.3) is 11.3 Å². The number of aromatic nitrogens is 1. The molecule has 0 aliphatic heterocycles. The Kier molecular flexibility index (Phi) is 6.85. The molecule has 0 aliphatic carbocycles. The molecule has 2 aromatic carbocycles. The van der Waals surface area contributed by atoms with E-state index in [1.165, 1.54) is 14.0 Å². The lowest BCUT2D eigenvalue weighted by Crippen LogP contribution is -2.30. The Hall–Kier alpha value is -3.61. The van der Waals surface area contributed by atoms with E-state index in [4.69, 9.17) is 13.9 Å². The van der Waals surface area contributed by atoms with E-state index in [0.29, 0.717) is 23.1 Å². The van der Waals surface area contributed by atoms with Gasteiger partial charge in [0.15, 0.2) is 17.8 Å². The predicted molar refractivity (Wildman–Crippen MR) is 112 cm³/mol. The van der Waals surface area contributed by atoms with Gasteiger partial charge < -0.3 is 19.2 Å². The molecule has 1 aromatic heterocycles. The topological polar surface area (TPSA) is 90.7 Å². The normalized spacial score (nSPS) is 11.6. The van der Waals surface area contributed by atoms with Crippen molar-refractivity contribution in [3.63, 3.8) is 0 Å². The summed E-state index contributed by atoms with van der Waals surface area (Å²) in [7, 11) is 1.52. The molecule has 156 valence electrons. The zero-order valence-corrected chi connectivity index (χ0v) is 17.2. The van der Waals surface area contributed by atoms with Gasteiger partial charge in [-0.3, -0.25) is 9.59 Å². The Morgan fingerprint density at radius 1 is 1.17 bits per heavy atom. The second-order valence-electron chi connectivity index (χ2n) is 6.81. The molecule has 0 bridgehead atoms. The molecule has 30 heavy (non-hydrogen) atoms. The van der Waals surface area contributed by atoms with Gasteiger partial charge in [0.05, 0.1) is 25.4 Å². The second kappa shape index (κ2) is 9.73. The molecule has 0 saturated heterocycles. The number of rotatable bonds is 8. The van der Waals surface area contributed by atoms with Crippen LogP contribution in [0.15, 0.2) is 59.1 Å². The van der Waals surface area contributed by atoms with Crippen molar-refractivity contribution in [3.05, 3.63) is 66.2 Å². The molecule has 3 rings (SSSR count). The minimum absolute atomic E-state index is 0.0557. The standard InChI is InChI=1S/C23H24N2O5/c1-15-9-10-19(28-3)18(13-15)25-23(27)16(2)29-22(26)12-11-21-24-14-20(30-21)17-7-5-4-6-8-17/h4-10,13-14,16H,11-12H2,1-3H3,(H,25,27). The van der Waals surface area contributed by atoms with Gasteiger partial charge in [0.25, 0.3) is 5.91 Å². The van der Waals surface area contributed by atoms with Gasteiger partial charge >= 0.3 is 5.97 Å². The molecular weight excluding hydrogens is 384 g/mol. The van der Waals surface area contributed by atoms with Crippen molar-refractivity contribution in [2.45, 2.75) is 32.8 Å². The van der Waals surface area contributed by atoms with Gasteiger partial charge in [0.2, 0.25) is 0 Å². The van der Waals surface area contributed by atoms with E-state index in [0.717, 1.165) is 11.1 Å². The fourth-order valence-electron chi connectivity index (χ4n) is 2.83. The third kappa shape index (κ3) is 5.47. The average molecular weight is 408 g/mol. The van der Waals surface area contributed by atoms with Gasteiger partial charge in [-0.05, 0) is 31.5 Å². The largest absolute Gasteiger partial charge is 0.495 e. The van der Waals surface area contributed by atoms with Crippen molar-refractivity contribution in [3.8, 4) is 17.1 Å². The summed E-state index contributed by atoms with van der Waals surface area (Å²) in [6.45, 7) is 3.43. The van der Waals surface area contributed by atoms with Crippen LogP contribution in [0.1, 0.15) is 24.8 Å². The van der Waals surface area contributed by atoms with Crippen LogP contribution in [0, 0.1) is 6.92 Å². The molecule has 1 N–H and O–H groups in total. The highest BCUT2D eigenvalue weighted by Gasteiger charge is 2.20. The van der Waals surface area contributed by atoms with Gasteiger partial charge in [-0.1, -0.05) is 36.4 Å². The quantitative estimate of drug-likeness (QED) is 0.563. The SMILES string of the molecule is COc1ccc(C)cc1NC(=O)C(C)OC(=O)CCc1ncc(-c2ccccc2)o1. The van der Waals surface area contributed by atoms with Crippen LogP contribution in [0.3, 0.4) is 0 Å². The number of nitrogens with one attached hydrogen (secondary N) is 1. The Balaban J connectivity index is 1.50. The number of aryl methyl sites for hydroxylation is 2. The van der Waals surface area contributed by atoms with Gasteiger partial charge in [-0.15, -0.1) is 0 Å². The third-order valence-corrected chi connectivity index (χ3v) is 4.45. The minimum atomic E-state index is -0.952. The average Bonchev–Trinajstić information content (AvgIpc) is 3.22. The maximum atomic E-state index is 12.4. The number of benzene rings is 2. The lowest BCUT2D eigenvalue weighted by atomic mass is 10.2. The lowest BCUT2D eigenvalue weighted by molar-refractivity contribution is -0.153. The van der Waals surface area contributed by atoms with Crippen LogP contribution in [-0.2, 0) is 20.7 Å². The molecule has 0 saturated carbocycles. The van der Waals surface area contributed by atoms with E-state index in [9.17, 15) is 9.59 Å². The molecule has 0 fully saturated rings.